The maximum Gasteiger partial charge on any atom is 0.333 e. The lowest BCUT2D eigenvalue weighted by molar-refractivity contribution is 0.466. The highest BCUT2D eigenvalue weighted by Crippen LogP contribution is 2.01. The van der Waals surface area contributed by atoms with Gasteiger partial charge in [-0.1, -0.05) is 30.3 Å². The molecule has 0 saturated heterocycles. The third-order valence-corrected chi connectivity index (χ3v) is 2.34. The summed E-state index contributed by atoms with van der Waals surface area (Å²) in [6, 6.07) is 9.76. The average Bonchev–Trinajstić information content (AvgIpc) is 2.13. The van der Waals surface area contributed by atoms with E-state index in [0.717, 1.165) is 12.0 Å². The smallest absolute Gasteiger partial charge is 0.273 e. The molecule has 0 unspecified atom stereocenters. The highest BCUT2D eigenvalue weighted by Gasteiger charge is 2.00. The van der Waals surface area contributed by atoms with Gasteiger partial charge in [0, 0.05) is 6.54 Å². The van der Waals surface area contributed by atoms with Crippen LogP contribution in [0.3, 0.4) is 0 Å². The van der Waals surface area contributed by atoms with Crippen LogP contribution in [0.25, 0.3) is 0 Å². The summed E-state index contributed by atoms with van der Waals surface area (Å²) >= 11 is 0. The first-order valence-corrected chi connectivity index (χ1v) is 5.78. The van der Waals surface area contributed by atoms with E-state index in [1.165, 1.54) is 0 Å². The normalized spacial score (nSPS) is 11.5. The quantitative estimate of drug-likeness (QED) is 0.569. The van der Waals surface area contributed by atoms with E-state index in [0.29, 0.717) is 6.42 Å². The molecule has 2 N–H and O–H groups in total. The van der Waals surface area contributed by atoms with Crippen LogP contribution in [-0.2, 0) is 16.7 Å². The van der Waals surface area contributed by atoms with Crippen molar-refractivity contribution in [3.05, 3.63) is 35.9 Å². The molecule has 14 heavy (non-hydrogen) atoms. The molecular weight excluding hydrogens is 202 g/mol. The van der Waals surface area contributed by atoms with Crippen molar-refractivity contribution in [3.8, 4) is 0 Å². The molecule has 0 aromatic heterocycles. The fraction of sp³-hybridized carbons (Fsp3) is 0.333. The molecular formula is C9H13NO3S. The van der Waals surface area contributed by atoms with Gasteiger partial charge in [0.15, 0.2) is 0 Å². The van der Waals surface area contributed by atoms with Crippen molar-refractivity contribution >= 4 is 10.3 Å². The van der Waals surface area contributed by atoms with Crippen LogP contribution >= 0.6 is 0 Å². The second-order valence-electron chi connectivity index (χ2n) is 2.96. The van der Waals surface area contributed by atoms with Crippen LogP contribution in [0, 0.1) is 0 Å². The summed E-state index contributed by atoms with van der Waals surface area (Å²) in [5.41, 5.74) is 1.16. The van der Waals surface area contributed by atoms with Gasteiger partial charge in [0.25, 0.3) is 0 Å². The summed E-state index contributed by atoms with van der Waals surface area (Å²) in [5.74, 6) is 0. The Kier molecular flexibility index (Phi) is 4.06. The number of hydrogen-bond acceptors (Lipinski definition) is 2. The molecule has 4 nitrogen and oxygen atoms in total. The Morgan fingerprint density at radius 1 is 1.21 bits per heavy atom. The van der Waals surface area contributed by atoms with Gasteiger partial charge in [0.05, 0.1) is 0 Å². The van der Waals surface area contributed by atoms with Crippen LogP contribution in [0.4, 0.5) is 0 Å². The Hall–Kier alpha value is -0.910. The van der Waals surface area contributed by atoms with Crippen molar-refractivity contribution in [1.29, 1.82) is 0 Å². The summed E-state index contributed by atoms with van der Waals surface area (Å²) in [7, 11) is -4.03. The van der Waals surface area contributed by atoms with Crippen molar-refractivity contribution in [1.82, 2.24) is 4.72 Å². The van der Waals surface area contributed by atoms with Gasteiger partial charge in [-0.25, -0.2) is 0 Å². The van der Waals surface area contributed by atoms with Crippen molar-refractivity contribution < 1.29 is 13.0 Å². The van der Waals surface area contributed by atoms with Gasteiger partial charge in [-0.3, -0.25) is 4.55 Å². The zero-order valence-corrected chi connectivity index (χ0v) is 8.50. The number of hydrogen-bond donors (Lipinski definition) is 2. The summed E-state index contributed by atoms with van der Waals surface area (Å²) in [6.07, 6.45) is 1.47. The minimum Gasteiger partial charge on any atom is -0.273 e. The second-order valence-corrected chi connectivity index (χ2v) is 4.20. The number of aryl methyl sites for hydroxylation is 1. The number of benzene rings is 1. The zero-order valence-electron chi connectivity index (χ0n) is 7.68. The Morgan fingerprint density at radius 2 is 1.86 bits per heavy atom. The van der Waals surface area contributed by atoms with Gasteiger partial charge in [0.1, 0.15) is 0 Å². The molecule has 1 aromatic carbocycles. The first-order valence-electron chi connectivity index (χ1n) is 4.34. The third kappa shape index (κ3) is 4.96. The molecule has 0 saturated carbocycles. The van der Waals surface area contributed by atoms with E-state index in [1.807, 2.05) is 35.1 Å². The number of nitrogens with one attached hydrogen (secondary N) is 1. The molecule has 1 rings (SSSR count). The monoisotopic (exact) mass is 215 g/mol. The molecule has 0 bridgehead atoms. The average molecular weight is 215 g/mol. The van der Waals surface area contributed by atoms with Crippen molar-refractivity contribution in [2.24, 2.45) is 0 Å². The van der Waals surface area contributed by atoms with Crippen LogP contribution in [-0.4, -0.2) is 19.5 Å². The molecule has 0 aliphatic carbocycles. The molecule has 0 atom stereocenters. The van der Waals surface area contributed by atoms with E-state index in [1.54, 1.807) is 0 Å². The minimum absolute atomic E-state index is 0.258. The molecule has 0 spiro atoms. The molecule has 5 heteroatoms. The van der Waals surface area contributed by atoms with Crippen LogP contribution < -0.4 is 4.72 Å². The first kappa shape index (κ1) is 11.2. The van der Waals surface area contributed by atoms with Crippen molar-refractivity contribution in [3.63, 3.8) is 0 Å². The van der Waals surface area contributed by atoms with E-state index in [4.69, 9.17) is 4.55 Å². The summed E-state index contributed by atoms with van der Waals surface area (Å²) in [4.78, 5) is 0. The standard InChI is InChI=1S/C9H13NO3S/c11-14(12,13)10-8-4-7-9-5-2-1-3-6-9/h1-3,5-6,10H,4,7-8H2,(H,11,12,13). The Balaban J connectivity index is 2.23. The molecule has 0 radical (unpaired) electrons. The lowest BCUT2D eigenvalue weighted by Gasteiger charge is -2.01. The van der Waals surface area contributed by atoms with Gasteiger partial charge >= 0.3 is 10.3 Å². The van der Waals surface area contributed by atoms with Crippen LogP contribution in [0.1, 0.15) is 12.0 Å². The van der Waals surface area contributed by atoms with Crippen molar-refractivity contribution in [2.45, 2.75) is 12.8 Å². The zero-order chi connectivity index (χ0) is 10.4. The highest BCUT2D eigenvalue weighted by molar-refractivity contribution is 7.83. The van der Waals surface area contributed by atoms with E-state index in [9.17, 15) is 8.42 Å². The summed E-state index contributed by atoms with van der Waals surface area (Å²) in [6.45, 7) is 0.258. The van der Waals surface area contributed by atoms with Crippen molar-refractivity contribution in [2.75, 3.05) is 6.54 Å². The van der Waals surface area contributed by atoms with E-state index < -0.39 is 10.3 Å². The molecule has 0 fully saturated rings. The molecule has 0 amide bonds. The second kappa shape index (κ2) is 5.09. The highest BCUT2D eigenvalue weighted by atomic mass is 32.2. The SMILES string of the molecule is O=S(=O)(O)NCCCc1ccccc1. The Morgan fingerprint density at radius 3 is 2.43 bits per heavy atom. The largest absolute Gasteiger partial charge is 0.333 e. The molecule has 0 aliphatic heterocycles. The predicted octanol–water partition coefficient (Wildman–Crippen LogP) is 1.01. The predicted molar refractivity (Wildman–Crippen MR) is 54.3 cm³/mol. The van der Waals surface area contributed by atoms with Gasteiger partial charge in [-0.05, 0) is 18.4 Å². The molecule has 0 aliphatic rings. The van der Waals surface area contributed by atoms with Crippen LogP contribution in [0.2, 0.25) is 0 Å². The third-order valence-electron chi connectivity index (χ3n) is 1.77. The van der Waals surface area contributed by atoms with E-state index >= 15 is 0 Å². The lowest BCUT2D eigenvalue weighted by Crippen LogP contribution is -2.23. The maximum absolute atomic E-state index is 10.3. The lowest BCUT2D eigenvalue weighted by atomic mass is 10.1. The summed E-state index contributed by atoms with van der Waals surface area (Å²) < 4.78 is 31.0. The minimum atomic E-state index is -4.03. The topological polar surface area (TPSA) is 66.4 Å². The maximum atomic E-state index is 10.3. The fourth-order valence-electron chi connectivity index (χ4n) is 1.14. The Bertz CT molecular complexity index is 361. The fourth-order valence-corrected chi connectivity index (χ4v) is 1.54. The van der Waals surface area contributed by atoms with Gasteiger partial charge < -0.3 is 0 Å². The van der Waals surface area contributed by atoms with Crippen LogP contribution in [0.15, 0.2) is 30.3 Å². The van der Waals surface area contributed by atoms with E-state index in [-0.39, 0.29) is 6.54 Å². The van der Waals surface area contributed by atoms with E-state index in [2.05, 4.69) is 0 Å². The first-order chi connectivity index (χ1) is 6.58. The molecule has 0 heterocycles. The van der Waals surface area contributed by atoms with Crippen LogP contribution in [0.5, 0.6) is 0 Å². The van der Waals surface area contributed by atoms with Gasteiger partial charge in [0.2, 0.25) is 0 Å². The van der Waals surface area contributed by atoms with Gasteiger partial charge in [-0.15, -0.1) is 0 Å². The number of rotatable bonds is 5. The Labute approximate surface area is 83.8 Å². The molecule has 78 valence electrons. The van der Waals surface area contributed by atoms with Gasteiger partial charge in [-0.2, -0.15) is 13.1 Å². The summed E-state index contributed by atoms with van der Waals surface area (Å²) in [5, 5.41) is 0. The molecule has 1 aromatic rings.